The number of carbonyl (C=O) groups excluding carboxylic acids is 1. The molecule has 2 heterocycles. The highest BCUT2D eigenvalue weighted by Crippen LogP contribution is 2.29. The number of nitrogens with two attached hydrogens (primary N) is 1. The van der Waals surface area contributed by atoms with E-state index in [2.05, 4.69) is 23.9 Å². The maximum Gasteiger partial charge on any atom is 0.265 e. The van der Waals surface area contributed by atoms with Crippen molar-refractivity contribution in [1.29, 1.82) is 0 Å². The van der Waals surface area contributed by atoms with Crippen LogP contribution in [0.3, 0.4) is 0 Å². The summed E-state index contributed by atoms with van der Waals surface area (Å²) in [4.78, 5) is 11.3. The highest BCUT2D eigenvalue weighted by atomic mass is 32.2. The van der Waals surface area contributed by atoms with Gasteiger partial charge < -0.3 is 15.6 Å². The van der Waals surface area contributed by atoms with E-state index < -0.39 is 15.9 Å². The Morgan fingerprint density at radius 2 is 2.23 bits per heavy atom. The maximum atomic E-state index is 12.4. The normalized spacial score (nSPS) is 21.7. The van der Waals surface area contributed by atoms with Gasteiger partial charge in [-0.1, -0.05) is 13.8 Å². The number of aromatic nitrogens is 1. The van der Waals surface area contributed by atoms with Gasteiger partial charge in [-0.25, -0.2) is 13.1 Å². The van der Waals surface area contributed by atoms with Gasteiger partial charge in [-0.3, -0.25) is 4.79 Å². The molecule has 22 heavy (non-hydrogen) atoms. The van der Waals surface area contributed by atoms with Crippen LogP contribution >= 0.6 is 0 Å². The number of nitrogens with one attached hydrogen (secondary N) is 2. The van der Waals surface area contributed by atoms with Gasteiger partial charge in [0.25, 0.3) is 5.91 Å². The van der Waals surface area contributed by atoms with Crippen molar-refractivity contribution in [1.82, 2.24) is 14.6 Å². The molecular formula is C14H24N4O3S. The third-order valence-electron chi connectivity index (χ3n) is 4.35. The van der Waals surface area contributed by atoms with Crippen LogP contribution in [0.15, 0.2) is 17.2 Å². The fourth-order valence-electron chi connectivity index (χ4n) is 2.82. The second-order valence-electron chi connectivity index (χ2n) is 6.49. The van der Waals surface area contributed by atoms with Crippen LogP contribution in [0.5, 0.6) is 0 Å². The maximum absolute atomic E-state index is 12.4. The smallest absolute Gasteiger partial charge is 0.265 e. The first-order chi connectivity index (χ1) is 10.1. The number of nitrogens with zero attached hydrogens (tertiary/aromatic N) is 1. The largest absolute Gasteiger partial charge is 0.364 e. The van der Waals surface area contributed by atoms with E-state index in [1.807, 2.05) is 0 Å². The number of sulfonamides is 1. The Balaban J connectivity index is 2.11. The van der Waals surface area contributed by atoms with Crippen LogP contribution in [-0.2, 0) is 17.1 Å². The van der Waals surface area contributed by atoms with E-state index in [1.54, 1.807) is 7.05 Å². The zero-order chi connectivity index (χ0) is 16.5. The van der Waals surface area contributed by atoms with Gasteiger partial charge in [-0.05, 0) is 30.9 Å². The molecular weight excluding hydrogens is 304 g/mol. The van der Waals surface area contributed by atoms with Gasteiger partial charge in [0.2, 0.25) is 10.0 Å². The molecule has 1 unspecified atom stereocenters. The van der Waals surface area contributed by atoms with Crippen LogP contribution in [0, 0.1) is 5.41 Å². The Bertz CT molecular complexity index is 664. The first-order valence-electron chi connectivity index (χ1n) is 7.33. The predicted molar refractivity (Wildman–Crippen MR) is 83.9 cm³/mol. The van der Waals surface area contributed by atoms with Gasteiger partial charge in [0, 0.05) is 25.8 Å². The van der Waals surface area contributed by atoms with E-state index in [4.69, 9.17) is 5.73 Å². The SMILES string of the molecule is Cn1cc(S(=O)(=O)NCC2NCCCC2(C)C)cc1C(N)=O. The van der Waals surface area contributed by atoms with Gasteiger partial charge in [0.05, 0.1) is 0 Å². The van der Waals surface area contributed by atoms with Gasteiger partial charge in [-0.15, -0.1) is 0 Å². The number of carbonyl (C=O) groups is 1. The minimum Gasteiger partial charge on any atom is -0.364 e. The molecule has 1 amide bonds. The van der Waals surface area contributed by atoms with Crippen molar-refractivity contribution in [3.63, 3.8) is 0 Å². The lowest BCUT2D eigenvalue weighted by Crippen LogP contribution is -2.52. The molecule has 124 valence electrons. The van der Waals surface area contributed by atoms with E-state index in [-0.39, 0.29) is 22.0 Å². The van der Waals surface area contributed by atoms with Crippen LogP contribution < -0.4 is 15.8 Å². The Kier molecular flexibility index (Phi) is 4.65. The van der Waals surface area contributed by atoms with Crippen LogP contribution in [0.1, 0.15) is 37.2 Å². The summed E-state index contributed by atoms with van der Waals surface area (Å²) in [6, 6.07) is 1.37. The third-order valence-corrected chi connectivity index (χ3v) is 5.74. The molecule has 0 aromatic carbocycles. The molecule has 0 radical (unpaired) electrons. The Hall–Kier alpha value is -1.38. The van der Waals surface area contributed by atoms with Crippen LogP contribution in [0.4, 0.5) is 0 Å². The summed E-state index contributed by atoms with van der Waals surface area (Å²) in [5.41, 5.74) is 5.41. The summed E-state index contributed by atoms with van der Waals surface area (Å²) >= 11 is 0. The molecule has 0 bridgehead atoms. The van der Waals surface area contributed by atoms with Crippen molar-refractivity contribution in [2.45, 2.75) is 37.6 Å². The van der Waals surface area contributed by atoms with E-state index in [1.165, 1.54) is 16.8 Å². The summed E-state index contributed by atoms with van der Waals surface area (Å²) in [7, 11) is -2.08. The minimum atomic E-state index is -3.66. The van der Waals surface area contributed by atoms with Crippen molar-refractivity contribution in [3.8, 4) is 0 Å². The molecule has 2 rings (SSSR count). The molecule has 1 saturated heterocycles. The molecule has 1 aromatic heterocycles. The Morgan fingerprint density at radius 1 is 1.55 bits per heavy atom. The first kappa shape index (κ1) is 17.0. The zero-order valence-electron chi connectivity index (χ0n) is 13.2. The molecule has 1 atom stereocenters. The standard InChI is InChI=1S/C14H24N4O3S/c1-14(2)5-4-6-16-12(14)8-17-22(20,21)10-7-11(13(15)19)18(3)9-10/h7,9,12,16-17H,4-6,8H2,1-3H3,(H2,15,19). The van der Waals surface area contributed by atoms with E-state index in [9.17, 15) is 13.2 Å². The molecule has 7 nitrogen and oxygen atoms in total. The lowest BCUT2D eigenvalue weighted by molar-refractivity contribution is 0.0992. The molecule has 8 heteroatoms. The number of hydrogen-bond donors (Lipinski definition) is 3. The molecule has 0 spiro atoms. The van der Waals surface area contributed by atoms with E-state index >= 15 is 0 Å². The van der Waals surface area contributed by atoms with Crippen molar-refractivity contribution in [3.05, 3.63) is 18.0 Å². The number of amides is 1. The molecule has 4 N–H and O–H groups in total. The van der Waals surface area contributed by atoms with Crippen molar-refractivity contribution < 1.29 is 13.2 Å². The molecule has 1 aliphatic heterocycles. The number of piperidine rings is 1. The van der Waals surface area contributed by atoms with Crippen molar-refractivity contribution >= 4 is 15.9 Å². The molecule has 1 fully saturated rings. The second kappa shape index (κ2) is 6.02. The number of hydrogen-bond acceptors (Lipinski definition) is 4. The zero-order valence-corrected chi connectivity index (χ0v) is 14.0. The third kappa shape index (κ3) is 3.50. The lowest BCUT2D eigenvalue weighted by atomic mass is 9.78. The average molecular weight is 328 g/mol. The minimum absolute atomic E-state index is 0.0375. The number of primary amides is 1. The summed E-state index contributed by atoms with van der Waals surface area (Å²) in [6.07, 6.45) is 3.54. The fourth-order valence-corrected chi connectivity index (χ4v) is 3.94. The average Bonchev–Trinajstić information content (AvgIpc) is 2.80. The monoisotopic (exact) mass is 328 g/mol. The number of aryl methyl sites for hydroxylation is 1. The predicted octanol–water partition coefficient (Wildman–Crippen LogP) is 0.181. The quantitative estimate of drug-likeness (QED) is 0.717. The van der Waals surface area contributed by atoms with Gasteiger partial charge in [0.1, 0.15) is 10.6 Å². The molecule has 0 aliphatic carbocycles. The Morgan fingerprint density at radius 3 is 2.77 bits per heavy atom. The molecule has 0 saturated carbocycles. The van der Waals surface area contributed by atoms with Gasteiger partial charge >= 0.3 is 0 Å². The highest BCUT2D eigenvalue weighted by Gasteiger charge is 2.33. The van der Waals surface area contributed by atoms with Gasteiger partial charge in [-0.2, -0.15) is 0 Å². The van der Waals surface area contributed by atoms with Crippen LogP contribution in [-0.4, -0.2) is 38.0 Å². The highest BCUT2D eigenvalue weighted by molar-refractivity contribution is 7.89. The van der Waals surface area contributed by atoms with E-state index in [0.717, 1.165) is 19.4 Å². The van der Waals surface area contributed by atoms with Crippen molar-refractivity contribution in [2.24, 2.45) is 18.2 Å². The topological polar surface area (TPSA) is 106 Å². The second-order valence-corrected chi connectivity index (χ2v) is 8.25. The summed E-state index contributed by atoms with van der Waals surface area (Å²) in [5.74, 6) is -0.654. The number of rotatable bonds is 5. The van der Waals surface area contributed by atoms with Crippen LogP contribution in [0.2, 0.25) is 0 Å². The first-order valence-corrected chi connectivity index (χ1v) is 8.81. The molecule has 1 aromatic rings. The van der Waals surface area contributed by atoms with Crippen LogP contribution in [0.25, 0.3) is 0 Å². The van der Waals surface area contributed by atoms with Crippen molar-refractivity contribution in [2.75, 3.05) is 13.1 Å². The van der Waals surface area contributed by atoms with Gasteiger partial charge in [0.15, 0.2) is 0 Å². The fraction of sp³-hybridized carbons (Fsp3) is 0.643. The summed E-state index contributed by atoms with van der Waals surface area (Å²) in [6.45, 7) is 5.47. The Labute approximate surface area is 131 Å². The lowest BCUT2D eigenvalue weighted by Gasteiger charge is -2.39. The van der Waals surface area contributed by atoms with E-state index in [0.29, 0.717) is 6.54 Å². The molecule has 1 aliphatic rings. The summed E-state index contributed by atoms with van der Waals surface area (Å²) < 4.78 is 28.8. The summed E-state index contributed by atoms with van der Waals surface area (Å²) in [5, 5.41) is 3.36.